The molecule has 0 aliphatic carbocycles. The van der Waals surface area contributed by atoms with Crippen molar-refractivity contribution in [3.8, 4) is 11.5 Å². The van der Waals surface area contributed by atoms with Crippen LogP contribution in [0, 0.1) is 0 Å². The summed E-state index contributed by atoms with van der Waals surface area (Å²) in [6.07, 6.45) is 3.05. The van der Waals surface area contributed by atoms with Gasteiger partial charge >= 0.3 is 0 Å². The Morgan fingerprint density at radius 2 is 1.05 bits per heavy atom. The van der Waals surface area contributed by atoms with Crippen LogP contribution in [-0.2, 0) is 14.2 Å². The molecule has 3 rings (SSSR count). The maximum absolute atomic E-state index is 6.01. The molecule has 1 fully saturated rings. The lowest BCUT2D eigenvalue weighted by molar-refractivity contribution is -0.0481. The van der Waals surface area contributed by atoms with Crippen LogP contribution in [0.15, 0.2) is 60.7 Å². The minimum atomic E-state index is -0.261. The molecule has 6 heteroatoms. The first kappa shape index (κ1) is 32.1. The zero-order chi connectivity index (χ0) is 28.3. The molecule has 214 valence electrons. The fourth-order valence-corrected chi connectivity index (χ4v) is 3.72. The van der Waals surface area contributed by atoms with E-state index in [4.69, 9.17) is 29.4 Å². The molecule has 0 aromatic heterocycles. The highest BCUT2D eigenvalue weighted by atomic mass is 16.6. The van der Waals surface area contributed by atoms with E-state index in [1.165, 1.54) is 0 Å². The van der Waals surface area contributed by atoms with Gasteiger partial charge in [-0.15, -0.1) is 0 Å². The summed E-state index contributed by atoms with van der Waals surface area (Å²) < 4.78 is 29.0. The molecule has 2 aromatic rings. The van der Waals surface area contributed by atoms with Crippen LogP contribution in [0.2, 0.25) is 0 Å². The number of para-hydroxylation sites is 2. The van der Waals surface area contributed by atoms with Crippen LogP contribution in [0.1, 0.15) is 74.7 Å². The molecule has 1 aliphatic rings. The highest BCUT2D eigenvalue weighted by Crippen LogP contribution is 2.27. The van der Waals surface area contributed by atoms with Gasteiger partial charge < -0.3 is 29.4 Å². The highest BCUT2D eigenvalue weighted by Gasteiger charge is 2.32. The van der Waals surface area contributed by atoms with Gasteiger partial charge in [0.25, 0.3) is 0 Å². The fraction of sp³-hybridized carbons (Fsp3) is 0.625. The van der Waals surface area contributed by atoms with Crippen LogP contribution in [0.25, 0.3) is 0 Å². The summed E-state index contributed by atoms with van der Waals surface area (Å²) in [6.45, 7) is 19.3. The molecule has 2 aromatic carbocycles. The predicted octanol–water partition coefficient (Wildman–Crippen LogP) is 6.81. The summed E-state index contributed by atoms with van der Waals surface area (Å²) in [5.74, 6) is 1.80. The van der Waals surface area contributed by atoms with Gasteiger partial charge in [0.05, 0.1) is 37.1 Å². The van der Waals surface area contributed by atoms with E-state index in [1.54, 1.807) is 0 Å². The smallest absolute Gasteiger partial charge is 0.120 e. The lowest BCUT2D eigenvalue weighted by atomic mass is 10.0. The highest BCUT2D eigenvalue weighted by molar-refractivity contribution is 5.22. The summed E-state index contributed by atoms with van der Waals surface area (Å²) in [7, 11) is 0. The summed E-state index contributed by atoms with van der Waals surface area (Å²) in [5.41, 5.74) is 4.77. The zero-order valence-corrected chi connectivity index (χ0v) is 24.9. The van der Waals surface area contributed by atoms with E-state index in [0.717, 1.165) is 37.4 Å². The van der Waals surface area contributed by atoms with Crippen molar-refractivity contribution in [3.63, 3.8) is 0 Å². The number of nitrogens with two attached hydrogens (primary N) is 1. The van der Waals surface area contributed by atoms with Crippen LogP contribution >= 0.6 is 0 Å². The molecule has 1 unspecified atom stereocenters. The minimum absolute atomic E-state index is 0.121. The van der Waals surface area contributed by atoms with Crippen LogP contribution in [0.5, 0.6) is 11.5 Å². The van der Waals surface area contributed by atoms with E-state index in [9.17, 15) is 0 Å². The number of hydrogen-bond donors (Lipinski definition) is 1. The van der Waals surface area contributed by atoms with Crippen molar-refractivity contribution in [1.82, 2.24) is 0 Å². The number of benzene rings is 2. The van der Waals surface area contributed by atoms with Crippen molar-refractivity contribution in [3.05, 3.63) is 60.7 Å². The quantitative estimate of drug-likeness (QED) is 0.256. The second kappa shape index (κ2) is 14.3. The van der Waals surface area contributed by atoms with Gasteiger partial charge in [0.15, 0.2) is 0 Å². The Kier molecular flexibility index (Phi) is 12.1. The van der Waals surface area contributed by atoms with Crippen molar-refractivity contribution in [2.75, 3.05) is 26.4 Å². The Balaban J connectivity index is 0.000000269. The van der Waals surface area contributed by atoms with Gasteiger partial charge in [-0.2, -0.15) is 0 Å². The van der Waals surface area contributed by atoms with E-state index in [0.29, 0.717) is 25.9 Å². The molecular weight excluding hydrogens is 478 g/mol. The first-order valence-electron chi connectivity index (χ1n) is 13.8. The third kappa shape index (κ3) is 14.1. The minimum Gasteiger partial charge on any atom is -0.488 e. The van der Waals surface area contributed by atoms with Crippen LogP contribution in [0.3, 0.4) is 0 Å². The van der Waals surface area contributed by atoms with Gasteiger partial charge in [-0.25, -0.2) is 0 Å². The third-order valence-electron chi connectivity index (χ3n) is 6.28. The van der Waals surface area contributed by atoms with Crippen LogP contribution in [-0.4, -0.2) is 54.9 Å². The van der Waals surface area contributed by atoms with E-state index in [1.807, 2.05) is 74.5 Å². The molecule has 1 saturated heterocycles. The fourth-order valence-electron chi connectivity index (χ4n) is 3.72. The zero-order valence-electron chi connectivity index (χ0n) is 24.9. The SMILES string of the molecule is CC(C)(CC1CO1)OCCC(C)(C)Oc1ccccc1.CC(C)(CN)OCCC(C)(C)Oc1ccccc1. The second-order valence-electron chi connectivity index (χ2n) is 12.4. The van der Waals surface area contributed by atoms with Crippen molar-refractivity contribution >= 4 is 0 Å². The Bertz CT molecular complexity index is 908. The van der Waals surface area contributed by atoms with E-state index >= 15 is 0 Å². The Hall–Kier alpha value is -2.12. The summed E-state index contributed by atoms with van der Waals surface area (Å²) in [6, 6.07) is 19.8. The Morgan fingerprint density at radius 1 is 0.658 bits per heavy atom. The van der Waals surface area contributed by atoms with Gasteiger partial charge in [-0.3, -0.25) is 0 Å². The van der Waals surface area contributed by atoms with E-state index in [-0.39, 0.29) is 22.4 Å². The van der Waals surface area contributed by atoms with Crippen molar-refractivity contribution in [2.45, 2.75) is 103 Å². The molecular formula is C32H51NO5. The molecule has 2 N–H and O–H groups in total. The molecule has 1 heterocycles. The van der Waals surface area contributed by atoms with Crippen molar-refractivity contribution < 1.29 is 23.7 Å². The number of ether oxygens (including phenoxy) is 5. The molecule has 6 nitrogen and oxygen atoms in total. The standard InChI is InChI=1S/C17H26O3.C15H25NO2/c1-16(2,20-14-8-6-5-7-9-14)10-11-19-17(3,4)12-15-13-18-15;1-14(2,10-11-17-15(3,4)12-16)18-13-8-6-5-7-9-13/h5-9,15H,10-13H2,1-4H3;5-9H,10-12,16H2,1-4H3. The normalized spacial score (nSPS) is 15.9. The lowest BCUT2D eigenvalue weighted by Crippen LogP contribution is -2.37. The van der Waals surface area contributed by atoms with Crippen LogP contribution < -0.4 is 15.2 Å². The summed E-state index contributed by atoms with van der Waals surface area (Å²) in [4.78, 5) is 0. The first-order chi connectivity index (χ1) is 17.7. The van der Waals surface area contributed by atoms with Gasteiger partial charge in [-0.05, 0) is 79.7 Å². The van der Waals surface area contributed by atoms with Crippen molar-refractivity contribution in [2.24, 2.45) is 5.73 Å². The van der Waals surface area contributed by atoms with Gasteiger partial charge in [-0.1, -0.05) is 36.4 Å². The Morgan fingerprint density at radius 3 is 1.42 bits per heavy atom. The molecule has 38 heavy (non-hydrogen) atoms. The molecule has 0 amide bonds. The van der Waals surface area contributed by atoms with Crippen molar-refractivity contribution in [1.29, 1.82) is 0 Å². The topological polar surface area (TPSA) is 75.5 Å². The van der Waals surface area contributed by atoms with E-state index < -0.39 is 0 Å². The molecule has 1 atom stereocenters. The third-order valence-corrected chi connectivity index (χ3v) is 6.28. The largest absolute Gasteiger partial charge is 0.488 e. The average molecular weight is 530 g/mol. The first-order valence-corrected chi connectivity index (χ1v) is 13.8. The number of hydrogen-bond acceptors (Lipinski definition) is 6. The van der Waals surface area contributed by atoms with Gasteiger partial charge in [0.1, 0.15) is 22.7 Å². The Labute approximate surface area is 231 Å². The van der Waals surface area contributed by atoms with Gasteiger partial charge in [0, 0.05) is 25.8 Å². The van der Waals surface area contributed by atoms with Crippen LogP contribution in [0.4, 0.5) is 0 Å². The maximum atomic E-state index is 6.01. The molecule has 0 radical (unpaired) electrons. The average Bonchev–Trinajstić information content (AvgIpc) is 3.63. The summed E-state index contributed by atoms with van der Waals surface area (Å²) in [5, 5.41) is 0. The lowest BCUT2D eigenvalue weighted by Gasteiger charge is -2.30. The predicted molar refractivity (Wildman–Crippen MR) is 155 cm³/mol. The number of epoxide rings is 1. The maximum Gasteiger partial charge on any atom is 0.120 e. The van der Waals surface area contributed by atoms with E-state index in [2.05, 4.69) is 41.5 Å². The molecule has 1 aliphatic heterocycles. The molecule has 0 saturated carbocycles. The summed E-state index contributed by atoms with van der Waals surface area (Å²) >= 11 is 0. The number of rotatable bonds is 15. The molecule has 0 bridgehead atoms. The monoisotopic (exact) mass is 529 g/mol. The second-order valence-corrected chi connectivity index (χ2v) is 12.4. The molecule has 0 spiro atoms. The van der Waals surface area contributed by atoms with Gasteiger partial charge in [0.2, 0.25) is 0 Å².